The van der Waals surface area contributed by atoms with E-state index in [0.717, 1.165) is 46.3 Å². The van der Waals surface area contributed by atoms with Gasteiger partial charge in [-0.1, -0.05) is 12.1 Å². The molecule has 4 rings (SSSR count). The molecule has 4 N–H and O–H groups in total. The third kappa shape index (κ3) is 3.81. The Kier molecular flexibility index (Phi) is 4.83. The molecule has 8 heteroatoms. The van der Waals surface area contributed by atoms with Crippen LogP contribution in [0.15, 0.2) is 29.6 Å². The number of fused-ring (bicyclic) bond motifs is 1. The average Bonchev–Trinajstić information content (AvgIpc) is 3.11. The lowest BCUT2D eigenvalue weighted by molar-refractivity contribution is 0.100. The van der Waals surface area contributed by atoms with Crippen LogP contribution in [-0.2, 0) is 19.5 Å². The lowest BCUT2D eigenvalue weighted by atomic mass is 10.1. The van der Waals surface area contributed by atoms with Crippen molar-refractivity contribution in [2.24, 2.45) is 5.73 Å². The van der Waals surface area contributed by atoms with Crippen LogP contribution in [0.1, 0.15) is 32.3 Å². The molecule has 0 radical (unpaired) electrons. The van der Waals surface area contributed by atoms with Crippen LogP contribution in [0.4, 0.5) is 5.82 Å². The van der Waals surface area contributed by atoms with Gasteiger partial charge in [-0.05, 0) is 32.0 Å². The Balaban J connectivity index is 1.67. The lowest BCUT2D eigenvalue weighted by Gasteiger charge is -2.20. The first kappa shape index (κ1) is 17.6. The number of carbonyl (C=O) groups excluding carboxylic acids is 1. The van der Waals surface area contributed by atoms with Crippen LogP contribution in [-0.4, -0.2) is 27.4 Å². The number of nitrogens with zero attached hydrogens (tertiary/aromatic N) is 3. The number of rotatable bonds is 5. The van der Waals surface area contributed by atoms with E-state index in [0.29, 0.717) is 24.5 Å². The Morgan fingerprint density at radius 3 is 2.78 bits per heavy atom. The van der Waals surface area contributed by atoms with Crippen LogP contribution < -0.4 is 16.4 Å². The van der Waals surface area contributed by atoms with Gasteiger partial charge in [-0.25, -0.2) is 15.0 Å². The number of aromatic nitrogens is 3. The van der Waals surface area contributed by atoms with Gasteiger partial charge in [0.15, 0.2) is 5.82 Å². The number of hydrogen-bond acceptors (Lipinski definition) is 7. The summed E-state index contributed by atoms with van der Waals surface area (Å²) in [6, 6.07) is 7.05. The zero-order valence-electron chi connectivity index (χ0n) is 15.0. The zero-order chi connectivity index (χ0) is 18.8. The first-order valence-electron chi connectivity index (χ1n) is 8.76. The minimum absolute atomic E-state index is 0.446. The number of primary amides is 1. The van der Waals surface area contributed by atoms with Gasteiger partial charge in [0.1, 0.15) is 5.82 Å². The molecule has 3 heterocycles. The van der Waals surface area contributed by atoms with Crippen LogP contribution in [0, 0.1) is 6.92 Å². The third-order valence-electron chi connectivity index (χ3n) is 4.47. The summed E-state index contributed by atoms with van der Waals surface area (Å²) in [6.07, 6.45) is 0.884. The van der Waals surface area contributed by atoms with Crippen molar-refractivity contribution < 1.29 is 4.79 Å². The molecule has 138 valence electrons. The third-order valence-corrected chi connectivity index (χ3v) is 5.29. The highest BCUT2D eigenvalue weighted by atomic mass is 32.1. The molecular formula is C19H20N6OS. The Morgan fingerprint density at radius 1 is 1.26 bits per heavy atom. The molecule has 0 aliphatic carbocycles. The van der Waals surface area contributed by atoms with Crippen molar-refractivity contribution in [3.63, 3.8) is 0 Å². The van der Waals surface area contributed by atoms with Crippen molar-refractivity contribution in [1.82, 2.24) is 20.3 Å². The van der Waals surface area contributed by atoms with Gasteiger partial charge in [-0.3, -0.25) is 4.79 Å². The van der Waals surface area contributed by atoms with E-state index in [1.807, 2.05) is 19.1 Å². The van der Waals surface area contributed by atoms with Gasteiger partial charge >= 0.3 is 0 Å². The minimum atomic E-state index is -0.446. The fourth-order valence-corrected chi connectivity index (χ4v) is 3.69. The number of thiazole rings is 1. The quantitative estimate of drug-likeness (QED) is 0.627. The zero-order valence-corrected chi connectivity index (χ0v) is 15.8. The molecule has 27 heavy (non-hydrogen) atoms. The number of nitrogens with two attached hydrogens (primary N) is 1. The summed E-state index contributed by atoms with van der Waals surface area (Å²) in [4.78, 5) is 25.3. The van der Waals surface area contributed by atoms with Crippen molar-refractivity contribution in [2.45, 2.75) is 26.4 Å². The highest BCUT2D eigenvalue weighted by Crippen LogP contribution is 2.25. The second kappa shape index (κ2) is 7.42. The van der Waals surface area contributed by atoms with Crippen LogP contribution in [0.25, 0.3) is 11.4 Å². The smallest absolute Gasteiger partial charge is 0.248 e. The van der Waals surface area contributed by atoms with Gasteiger partial charge in [0, 0.05) is 28.6 Å². The van der Waals surface area contributed by atoms with Gasteiger partial charge in [0.05, 0.1) is 22.9 Å². The number of benzene rings is 1. The molecule has 0 atom stereocenters. The summed E-state index contributed by atoms with van der Waals surface area (Å²) in [5.41, 5.74) is 9.80. The molecule has 2 aromatic heterocycles. The predicted molar refractivity (Wildman–Crippen MR) is 106 cm³/mol. The molecule has 0 unspecified atom stereocenters. The Morgan fingerprint density at radius 2 is 2.07 bits per heavy atom. The maximum Gasteiger partial charge on any atom is 0.248 e. The van der Waals surface area contributed by atoms with Crippen molar-refractivity contribution in [2.75, 3.05) is 11.9 Å². The molecule has 0 fully saturated rings. The van der Waals surface area contributed by atoms with Crippen molar-refractivity contribution in [1.29, 1.82) is 0 Å². The number of carbonyl (C=O) groups is 1. The number of hydrogen-bond donors (Lipinski definition) is 3. The van der Waals surface area contributed by atoms with Gasteiger partial charge < -0.3 is 16.4 Å². The number of nitrogens with one attached hydrogen (secondary N) is 2. The van der Waals surface area contributed by atoms with Gasteiger partial charge in [-0.15, -0.1) is 11.3 Å². The normalized spacial score (nSPS) is 13.2. The van der Waals surface area contributed by atoms with Crippen LogP contribution in [0.5, 0.6) is 0 Å². The van der Waals surface area contributed by atoms with Crippen molar-refractivity contribution >= 4 is 23.1 Å². The molecule has 0 spiro atoms. The molecular weight excluding hydrogens is 360 g/mol. The fourth-order valence-electron chi connectivity index (χ4n) is 3.08. The predicted octanol–water partition coefficient (Wildman–Crippen LogP) is 2.27. The molecule has 0 saturated heterocycles. The summed E-state index contributed by atoms with van der Waals surface area (Å²) in [5, 5.41) is 9.90. The summed E-state index contributed by atoms with van der Waals surface area (Å²) in [5.74, 6) is 1.03. The van der Waals surface area contributed by atoms with E-state index in [-0.39, 0.29) is 0 Å². The molecule has 0 bridgehead atoms. The molecule has 0 saturated carbocycles. The van der Waals surface area contributed by atoms with Crippen molar-refractivity contribution in [3.8, 4) is 11.4 Å². The SMILES string of the molecule is Cc1nc(CNc2nc(-c3ccc(C(N)=O)cc3)nc3c2CCNC3)cs1. The number of amides is 1. The van der Waals surface area contributed by atoms with Crippen LogP contribution in [0.3, 0.4) is 0 Å². The highest BCUT2D eigenvalue weighted by Gasteiger charge is 2.18. The first-order chi connectivity index (χ1) is 13.1. The summed E-state index contributed by atoms with van der Waals surface area (Å²) in [6.45, 7) is 4.25. The van der Waals surface area contributed by atoms with E-state index in [1.165, 1.54) is 0 Å². The Bertz CT molecular complexity index is 982. The van der Waals surface area contributed by atoms with Crippen LogP contribution in [0.2, 0.25) is 0 Å². The standard InChI is InChI=1S/C19H20N6OS/c1-11-23-14(10-27-11)8-22-19-15-6-7-21-9-16(15)24-18(25-19)13-4-2-12(3-5-13)17(20)26/h2-5,10,21H,6-9H2,1H3,(H2,20,26)(H,22,24,25). The maximum absolute atomic E-state index is 11.3. The molecule has 3 aromatic rings. The van der Waals surface area contributed by atoms with E-state index in [2.05, 4.69) is 21.0 Å². The average molecular weight is 380 g/mol. The Labute approximate surface area is 161 Å². The van der Waals surface area contributed by atoms with Crippen molar-refractivity contribution in [3.05, 3.63) is 57.2 Å². The largest absolute Gasteiger partial charge is 0.366 e. The number of aryl methyl sites for hydroxylation is 1. The van der Waals surface area contributed by atoms with E-state index < -0.39 is 5.91 Å². The summed E-state index contributed by atoms with van der Waals surface area (Å²) >= 11 is 1.64. The van der Waals surface area contributed by atoms with Crippen LogP contribution >= 0.6 is 11.3 Å². The van der Waals surface area contributed by atoms with E-state index >= 15 is 0 Å². The lowest BCUT2D eigenvalue weighted by Crippen LogP contribution is -2.26. The van der Waals surface area contributed by atoms with Gasteiger partial charge in [0.2, 0.25) is 5.91 Å². The second-order valence-electron chi connectivity index (χ2n) is 6.40. The minimum Gasteiger partial charge on any atom is -0.366 e. The Hall–Kier alpha value is -2.84. The fraction of sp³-hybridized carbons (Fsp3) is 0.263. The molecule has 1 aliphatic rings. The van der Waals surface area contributed by atoms with Gasteiger partial charge in [-0.2, -0.15) is 0 Å². The van der Waals surface area contributed by atoms with E-state index in [4.69, 9.17) is 15.7 Å². The molecule has 1 aromatic carbocycles. The molecule has 1 aliphatic heterocycles. The van der Waals surface area contributed by atoms with E-state index in [9.17, 15) is 4.79 Å². The maximum atomic E-state index is 11.3. The highest BCUT2D eigenvalue weighted by molar-refractivity contribution is 7.09. The molecule has 1 amide bonds. The monoisotopic (exact) mass is 380 g/mol. The molecule has 7 nitrogen and oxygen atoms in total. The second-order valence-corrected chi connectivity index (χ2v) is 7.46. The van der Waals surface area contributed by atoms with E-state index in [1.54, 1.807) is 23.5 Å². The first-order valence-corrected chi connectivity index (χ1v) is 9.64. The number of anilines is 1. The topological polar surface area (TPSA) is 106 Å². The summed E-state index contributed by atoms with van der Waals surface area (Å²) < 4.78 is 0. The van der Waals surface area contributed by atoms with Gasteiger partial charge in [0.25, 0.3) is 0 Å². The summed E-state index contributed by atoms with van der Waals surface area (Å²) in [7, 11) is 0.